The van der Waals surface area contributed by atoms with E-state index in [0.717, 1.165) is 49.3 Å². The first kappa shape index (κ1) is 18.2. The van der Waals surface area contributed by atoms with Gasteiger partial charge in [-0.15, -0.1) is 11.3 Å². The standard InChI is InChI=1S/C19H22N4O3S2/c24-28(25,17-6-3-13-27-17)22-10-7-14(8-11-22)23-18-15(4-1-9-20-18)21-19(23)16-5-2-12-26-16/h1,3-4,6,9,13-14,16H,2,5,7-8,10-12H2. The van der Waals surface area contributed by atoms with E-state index in [1.165, 1.54) is 11.3 Å². The minimum atomic E-state index is -3.39. The molecule has 3 aromatic heterocycles. The summed E-state index contributed by atoms with van der Waals surface area (Å²) in [5.74, 6) is 0.936. The molecule has 0 N–H and O–H groups in total. The van der Waals surface area contributed by atoms with Crippen LogP contribution >= 0.6 is 11.3 Å². The van der Waals surface area contributed by atoms with Crippen molar-refractivity contribution in [2.24, 2.45) is 0 Å². The fourth-order valence-corrected chi connectivity index (χ4v) is 6.81. The van der Waals surface area contributed by atoms with E-state index in [1.807, 2.05) is 12.1 Å². The normalized spacial score (nSPS) is 22.2. The number of pyridine rings is 1. The summed E-state index contributed by atoms with van der Waals surface area (Å²) in [5, 5.41) is 1.80. The Labute approximate surface area is 168 Å². The highest BCUT2D eigenvalue weighted by molar-refractivity contribution is 7.91. The van der Waals surface area contributed by atoms with Crippen LogP contribution in [0.5, 0.6) is 0 Å². The summed E-state index contributed by atoms with van der Waals surface area (Å²) in [6.45, 7) is 1.77. The molecule has 0 radical (unpaired) electrons. The number of piperidine rings is 1. The average Bonchev–Trinajstić information content (AvgIpc) is 3.48. The molecule has 28 heavy (non-hydrogen) atoms. The third-order valence-electron chi connectivity index (χ3n) is 5.57. The van der Waals surface area contributed by atoms with E-state index in [1.54, 1.807) is 28.0 Å². The lowest BCUT2D eigenvalue weighted by molar-refractivity contribution is 0.0990. The van der Waals surface area contributed by atoms with Crippen molar-refractivity contribution in [3.63, 3.8) is 0 Å². The SMILES string of the molecule is O=S(=O)(c1cccs1)N1CCC(n2c(C3CCCO3)nc3cccnc32)CC1. The van der Waals surface area contributed by atoms with Crippen molar-refractivity contribution in [2.75, 3.05) is 19.7 Å². The third kappa shape index (κ3) is 3.06. The summed E-state index contributed by atoms with van der Waals surface area (Å²) in [7, 11) is -3.39. The fourth-order valence-electron chi connectivity index (χ4n) is 4.19. The van der Waals surface area contributed by atoms with Crippen LogP contribution in [0.1, 0.15) is 43.7 Å². The summed E-state index contributed by atoms with van der Waals surface area (Å²) in [4.78, 5) is 9.40. The highest BCUT2D eigenvalue weighted by atomic mass is 32.2. The van der Waals surface area contributed by atoms with E-state index in [2.05, 4.69) is 9.55 Å². The minimum Gasteiger partial charge on any atom is -0.370 e. The van der Waals surface area contributed by atoms with Crippen LogP contribution < -0.4 is 0 Å². The van der Waals surface area contributed by atoms with E-state index < -0.39 is 10.0 Å². The first-order valence-electron chi connectivity index (χ1n) is 9.63. The fraction of sp³-hybridized carbons (Fsp3) is 0.474. The van der Waals surface area contributed by atoms with Gasteiger partial charge in [-0.05, 0) is 49.3 Å². The molecule has 7 nitrogen and oxygen atoms in total. The molecule has 2 aliphatic rings. The number of hydrogen-bond acceptors (Lipinski definition) is 6. The molecule has 3 aromatic rings. The molecule has 2 fully saturated rings. The van der Waals surface area contributed by atoms with Gasteiger partial charge in [0, 0.05) is 31.9 Å². The van der Waals surface area contributed by atoms with Crippen LogP contribution in [-0.4, -0.2) is 47.0 Å². The quantitative estimate of drug-likeness (QED) is 0.649. The Bertz CT molecular complexity index is 1060. The molecule has 0 saturated carbocycles. The lowest BCUT2D eigenvalue weighted by Gasteiger charge is -2.32. The Morgan fingerprint density at radius 2 is 2.00 bits per heavy atom. The number of hydrogen-bond donors (Lipinski definition) is 0. The van der Waals surface area contributed by atoms with Gasteiger partial charge in [0.25, 0.3) is 10.0 Å². The predicted molar refractivity (Wildman–Crippen MR) is 107 cm³/mol. The van der Waals surface area contributed by atoms with Gasteiger partial charge in [-0.3, -0.25) is 0 Å². The molecule has 5 heterocycles. The molecule has 0 aliphatic carbocycles. The molecule has 0 bridgehead atoms. The van der Waals surface area contributed by atoms with Gasteiger partial charge in [0.2, 0.25) is 0 Å². The molecule has 1 atom stereocenters. The summed E-state index contributed by atoms with van der Waals surface area (Å²) in [5.41, 5.74) is 1.74. The predicted octanol–water partition coefficient (Wildman–Crippen LogP) is 3.37. The van der Waals surface area contributed by atoms with Crippen LogP contribution in [0.25, 0.3) is 11.2 Å². The molecular weight excluding hydrogens is 396 g/mol. The molecule has 148 valence electrons. The summed E-state index contributed by atoms with van der Waals surface area (Å²) in [6, 6.07) is 7.51. The monoisotopic (exact) mass is 418 g/mol. The first-order valence-corrected chi connectivity index (χ1v) is 11.9. The summed E-state index contributed by atoms with van der Waals surface area (Å²) >= 11 is 1.27. The van der Waals surface area contributed by atoms with Crippen LogP contribution in [0, 0.1) is 0 Å². The minimum absolute atomic E-state index is 0.00193. The molecule has 5 rings (SSSR count). The van der Waals surface area contributed by atoms with Crippen LogP contribution in [0.15, 0.2) is 40.1 Å². The second kappa shape index (κ2) is 7.22. The van der Waals surface area contributed by atoms with Gasteiger partial charge in [0.05, 0.1) is 0 Å². The third-order valence-corrected chi connectivity index (χ3v) is 8.84. The Morgan fingerprint density at radius 1 is 1.14 bits per heavy atom. The van der Waals surface area contributed by atoms with Crippen LogP contribution in [0.2, 0.25) is 0 Å². The molecule has 0 aromatic carbocycles. The van der Waals surface area contributed by atoms with Crippen molar-refractivity contribution in [1.82, 2.24) is 18.8 Å². The summed E-state index contributed by atoms with van der Waals surface area (Å²) in [6.07, 6.45) is 5.28. The van der Waals surface area contributed by atoms with Crippen LogP contribution in [0.4, 0.5) is 0 Å². The smallest absolute Gasteiger partial charge is 0.252 e. The zero-order valence-corrected chi connectivity index (χ0v) is 17.0. The van der Waals surface area contributed by atoms with Gasteiger partial charge in [-0.25, -0.2) is 18.4 Å². The topological polar surface area (TPSA) is 77.3 Å². The molecule has 2 aliphatic heterocycles. The molecule has 2 saturated heterocycles. The van der Waals surface area contributed by atoms with Crippen molar-refractivity contribution in [2.45, 2.75) is 42.0 Å². The Hall–Kier alpha value is -1.81. The number of aromatic nitrogens is 3. The van der Waals surface area contributed by atoms with Gasteiger partial charge in [-0.2, -0.15) is 4.31 Å². The number of fused-ring (bicyclic) bond motifs is 1. The number of nitrogens with zero attached hydrogens (tertiary/aromatic N) is 4. The van der Waals surface area contributed by atoms with E-state index in [4.69, 9.17) is 9.72 Å². The maximum Gasteiger partial charge on any atom is 0.252 e. The Balaban J connectivity index is 1.43. The van der Waals surface area contributed by atoms with Gasteiger partial charge < -0.3 is 9.30 Å². The zero-order chi connectivity index (χ0) is 19.1. The highest BCUT2D eigenvalue weighted by Crippen LogP contribution is 2.36. The molecule has 0 amide bonds. The number of thiophene rings is 1. The molecule has 9 heteroatoms. The molecular formula is C19H22N4O3S2. The van der Waals surface area contributed by atoms with Crippen LogP contribution in [-0.2, 0) is 14.8 Å². The molecule has 1 unspecified atom stereocenters. The maximum absolute atomic E-state index is 12.8. The number of rotatable bonds is 4. The lowest BCUT2D eigenvalue weighted by Crippen LogP contribution is -2.39. The molecule has 0 spiro atoms. The second-order valence-corrected chi connectivity index (χ2v) is 10.4. The van der Waals surface area contributed by atoms with Crippen molar-refractivity contribution >= 4 is 32.5 Å². The number of imidazole rings is 1. The Kier molecular flexibility index (Phi) is 4.70. The van der Waals surface area contributed by atoms with E-state index in [9.17, 15) is 8.42 Å². The van der Waals surface area contributed by atoms with Crippen molar-refractivity contribution in [3.8, 4) is 0 Å². The Morgan fingerprint density at radius 3 is 2.71 bits per heavy atom. The summed E-state index contributed by atoms with van der Waals surface area (Å²) < 4.78 is 35.8. The highest BCUT2D eigenvalue weighted by Gasteiger charge is 2.34. The van der Waals surface area contributed by atoms with E-state index >= 15 is 0 Å². The van der Waals surface area contributed by atoms with Gasteiger partial charge in [-0.1, -0.05) is 6.07 Å². The number of sulfonamides is 1. The van der Waals surface area contributed by atoms with Crippen LogP contribution in [0.3, 0.4) is 0 Å². The zero-order valence-electron chi connectivity index (χ0n) is 15.4. The first-order chi connectivity index (χ1) is 13.6. The van der Waals surface area contributed by atoms with E-state index in [-0.39, 0.29) is 12.1 Å². The van der Waals surface area contributed by atoms with Crippen molar-refractivity contribution < 1.29 is 13.2 Å². The largest absolute Gasteiger partial charge is 0.370 e. The second-order valence-electron chi connectivity index (χ2n) is 7.26. The van der Waals surface area contributed by atoms with E-state index in [0.29, 0.717) is 17.3 Å². The van der Waals surface area contributed by atoms with Gasteiger partial charge in [0.1, 0.15) is 21.7 Å². The lowest BCUT2D eigenvalue weighted by atomic mass is 10.1. The van der Waals surface area contributed by atoms with Crippen molar-refractivity contribution in [1.29, 1.82) is 0 Å². The average molecular weight is 419 g/mol. The van der Waals surface area contributed by atoms with Gasteiger partial charge in [0.15, 0.2) is 5.65 Å². The maximum atomic E-state index is 12.8. The number of ether oxygens (including phenoxy) is 1. The van der Waals surface area contributed by atoms with Gasteiger partial charge >= 0.3 is 0 Å². The van der Waals surface area contributed by atoms with Crippen molar-refractivity contribution in [3.05, 3.63) is 41.7 Å².